The molecule has 3 aromatic carbocycles. The maximum atomic E-state index is 13.4. The number of nitrogens with zero attached hydrogens (tertiary/aromatic N) is 2. The molecule has 0 aromatic heterocycles. The fraction of sp³-hybridized carbons (Fsp3) is 0.222. The van der Waals surface area contributed by atoms with Gasteiger partial charge in [-0.3, -0.25) is 9.59 Å². The van der Waals surface area contributed by atoms with Crippen molar-refractivity contribution in [3.63, 3.8) is 0 Å². The smallest absolute Gasteiger partial charge is 0.332 e. The Morgan fingerprint density at radius 2 is 1.44 bits per heavy atom. The first kappa shape index (κ1) is 24.6. The molecule has 1 fully saturated rings. The zero-order valence-corrected chi connectivity index (χ0v) is 20.3. The van der Waals surface area contributed by atoms with Gasteiger partial charge in [-0.1, -0.05) is 30.3 Å². The topological polar surface area (TPSA) is 97.4 Å². The van der Waals surface area contributed by atoms with Gasteiger partial charge < -0.3 is 24.4 Å². The Hall–Kier alpha value is -4.53. The van der Waals surface area contributed by atoms with Gasteiger partial charge in [0.2, 0.25) is 5.91 Å². The average Bonchev–Trinajstić information content (AvgIpc) is 3.13. The molecule has 0 unspecified atom stereocenters. The first-order chi connectivity index (χ1) is 17.4. The van der Waals surface area contributed by atoms with Gasteiger partial charge >= 0.3 is 6.03 Å². The van der Waals surface area contributed by atoms with Gasteiger partial charge in [0.1, 0.15) is 23.3 Å². The van der Waals surface area contributed by atoms with Crippen molar-refractivity contribution in [3.05, 3.63) is 78.4 Å². The number of amides is 4. The van der Waals surface area contributed by atoms with Crippen molar-refractivity contribution in [2.75, 3.05) is 31.5 Å². The molecule has 0 saturated carbocycles. The lowest BCUT2D eigenvalue weighted by Crippen LogP contribution is -2.37. The van der Waals surface area contributed by atoms with Crippen molar-refractivity contribution in [2.45, 2.75) is 19.0 Å². The first-order valence-electron chi connectivity index (χ1n) is 11.3. The second-order valence-corrected chi connectivity index (χ2v) is 8.14. The third kappa shape index (κ3) is 5.25. The van der Waals surface area contributed by atoms with E-state index in [1.807, 2.05) is 12.1 Å². The van der Waals surface area contributed by atoms with Crippen molar-refractivity contribution in [1.29, 1.82) is 0 Å². The van der Waals surface area contributed by atoms with E-state index in [4.69, 9.17) is 14.2 Å². The number of rotatable bonds is 9. The highest BCUT2D eigenvalue weighted by molar-refractivity contribution is 6.22. The van der Waals surface area contributed by atoms with Crippen LogP contribution in [-0.2, 0) is 16.1 Å². The predicted molar refractivity (Wildman–Crippen MR) is 134 cm³/mol. The fourth-order valence-corrected chi connectivity index (χ4v) is 4.02. The van der Waals surface area contributed by atoms with Crippen LogP contribution in [0, 0.1) is 0 Å². The van der Waals surface area contributed by atoms with Crippen LogP contribution in [0.2, 0.25) is 0 Å². The maximum absolute atomic E-state index is 13.4. The molecule has 1 aliphatic heterocycles. The summed E-state index contributed by atoms with van der Waals surface area (Å²) < 4.78 is 15.7. The van der Waals surface area contributed by atoms with Crippen molar-refractivity contribution in [3.8, 4) is 17.2 Å². The molecule has 9 heteroatoms. The molecule has 4 amide bonds. The van der Waals surface area contributed by atoms with Crippen molar-refractivity contribution in [1.82, 2.24) is 4.90 Å². The van der Waals surface area contributed by atoms with Crippen LogP contribution >= 0.6 is 0 Å². The minimum Gasteiger partial charge on any atom is -0.497 e. The van der Waals surface area contributed by atoms with Crippen LogP contribution in [0.3, 0.4) is 0 Å². The first-order valence-corrected chi connectivity index (χ1v) is 11.3. The Balaban J connectivity index is 1.59. The second kappa shape index (κ2) is 10.8. The Labute approximate surface area is 209 Å². The highest BCUT2D eigenvalue weighted by atomic mass is 16.5. The van der Waals surface area contributed by atoms with Gasteiger partial charge in [0.05, 0.1) is 33.4 Å². The van der Waals surface area contributed by atoms with Crippen LogP contribution in [0.4, 0.5) is 16.2 Å². The van der Waals surface area contributed by atoms with E-state index in [-0.39, 0.29) is 13.0 Å². The number of ether oxygens (including phenoxy) is 3. The van der Waals surface area contributed by atoms with Crippen LogP contribution in [-0.4, -0.2) is 50.1 Å². The number of urea groups is 1. The largest absolute Gasteiger partial charge is 0.497 e. The van der Waals surface area contributed by atoms with Crippen LogP contribution < -0.4 is 24.4 Å². The van der Waals surface area contributed by atoms with Crippen LogP contribution in [0.15, 0.2) is 72.8 Å². The quantitative estimate of drug-likeness (QED) is 0.455. The second-order valence-electron chi connectivity index (χ2n) is 8.14. The van der Waals surface area contributed by atoms with Crippen LogP contribution in [0.25, 0.3) is 0 Å². The Morgan fingerprint density at radius 1 is 0.833 bits per heavy atom. The number of carbonyl (C=O) groups is 3. The van der Waals surface area contributed by atoms with E-state index in [0.717, 1.165) is 10.5 Å². The van der Waals surface area contributed by atoms with E-state index in [1.54, 1.807) is 67.8 Å². The lowest BCUT2D eigenvalue weighted by Gasteiger charge is -2.22. The molecule has 3 aromatic rings. The van der Waals surface area contributed by atoms with Gasteiger partial charge in [-0.2, -0.15) is 0 Å². The normalized spacial score (nSPS) is 15.1. The molecule has 1 N–H and O–H groups in total. The lowest BCUT2D eigenvalue weighted by molar-refractivity contribution is -0.124. The number of imide groups is 1. The molecule has 1 aliphatic rings. The summed E-state index contributed by atoms with van der Waals surface area (Å²) in [5, 5.41) is 2.78. The summed E-state index contributed by atoms with van der Waals surface area (Å²) >= 11 is 0. The molecule has 1 atom stereocenters. The minimum atomic E-state index is -0.979. The molecular formula is C27H27N3O6. The number of para-hydroxylation sites is 1. The highest BCUT2D eigenvalue weighted by Crippen LogP contribution is 2.30. The SMILES string of the molecule is COc1ccc(CN2C(=O)N(c3ccccc3)C(=O)[C@@H]2CC(=O)Nc2cc(OC)cc(OC)c2)cc1. The van der Waals surface area contributed by atoms with Gasteiger partial charge in [-0.15, -0.1) is 0 Å². The molecule has 0 bridgehead atoms. The zero-order chi connectivity index (χ0) is 25.7. The van der Waals surface area contributed by atoms with Gasteiger partial charge in [0.15, 0.2) is 0 Å². The van der Waals surface area contributed by atoms with Crippen LogP contribution in [0.1, 0.15) is 12.0 Å². The summed E-state index contributed by atoms with van der Waals surface area (Å²) in [6, 6.07) is 19.4. The lowest BCUT2D eigenvalue weighted by atomic mass is 10.1. The number of benzene rings is 3. The monoisotopic (exact) mass is 489 g/mol. The zero-order valence-electron chi connectivity index (χ0n) is 20.3. The summed E-state index contributed by atoms with van der Waals surface area (Å²) in [6.45, 7) is 0.156. The predicted octanol–water partition coefficient (Wildman–Crippen LogP) is 4.08. The average molecular weight is 490 g/mol. The summed E-state index contributed by atoms with van der Waals surface area (Å²) in [5.41, 5.74) is 1.71. The van der Waals surface area contributed by atoms with Crippen LogP contribution in [0.5, 0.6) is 17.2 Å². The summed E-state index contributed by atoms with van der Waals surface area (Å²) in [5.74, 6) is 0.809. The van der Waals surface area contributed by atoms with Gasteiger partial charge in [0, 0.05) is 30.4 Å². The molecule has 1 heterocycles. The molecule has 9 nitrogen and oxygen atoms in total. The molecule has 0 aliphatic carbocycles. The molecule has 4 rings (SSSR count). The van der Waals surface area contributed by atoms with E-state index in [0.29, 0.717) is 28.6 Å². The number of nitrogens with one attached hydrogen (secondary N) is 1. The summed E-state index contributed by atoms with van der Waals surface area (Å²) in [6.07, 6.45) is -0.219. The third-order valence-electron chi connectivity index (χ3n) is 5.86. The fourth-order valence-electron chi connectivity index (χ4n) is 4.02. The number of hydrogen-bond donors (Lipinski definition) is 1. The molecular weight excluding hydrogens is 462 g/mol. The maximum Gasteiger partial charge on any atom is 0.332 e. The minimum absolute atomic E-state index is 0.156. The number of methoxy groups -OCH3 is 3. The summed E-state index contributed by atoms with van der Waals surface area (Å²) in [7, 11) is 4.60. The highest BCUT2D eigenvalue weighted by Gasteiger charge is 2.46. The third-order valence-corrected chi connectivity index (χ3v) is 5.86. The van der Waals surface area contributed by atoms with Crippen molar-refractivity contribution < 1.29 is 28.6 Å². The van der Waals surface area contributed by atoms with Gasteiger partial charge in [0.25, 0.3) is 5.91 Å². The van der Waals surface area contributed by atoms with E-state index in [2.05, 4.69) is 5.32 Å². The Morgan fingerprint density at radius 3 is 2.03 bits per heavy atom. The molecule has 1 saturated heterocycles. The number of carbonyl (C=O) groups excluding carboxylic acids is 3. The standard InChI is InChI=1S/C27H27N3O6/c1-34-21-11-9-18(10-12-21)17-29-24(26(32)30(27(29)33)20-7-5-4-6-8-20)16-25(31)28-19-13-22(35-2)15-23(14-19)36-3/h4-15,24H,16-17H2,1-3H3,(H,28,31)/t24-/m0/s1. The molecule has 0 spiro atoms. The van der Waals surface area contributed by atoms with Crippen molar-refractivity contribution in [2.24, 2.45) is 0 Å². The number of anilines is 2. The Bertz CT molecular complexity index is 1220. The number of hydrogen-bond acceptors (Lipinski definition) is 6. The summed E-state index contributed by atoms with van der Waals surface area (Å²) in [4.78, 5) is 42.4. The molecule has 186 valence electrons. The van der Waals surface area contributed by atoms with E-state index in [1.165, 1.54) is 19.1 Å². The molecule has 36 heavy (non-hydrogen) atoms. The van der Waals surface area contributed by atoms with E-state index in [9.17, 15) is 14.4 Å². The van der Waals surface area contributed by atoms with Gasteiger partial charge in [-0.05, 0) is 29.8 Å². The Kier molecular flexibility index (Phi) is 7.39. The van der Waals surface area contributed by atoms with Gasteiger partial charge in [-0.25, -0.2) is 9.69 Å². The van der Waals surface area contributed by atoms with E-state index >= 15 is 0 Å². The van der Waals surface area contributed by atoms with Crippen molar-refractivity contribution >= 4 is 29.2 Å². The molecule has 0 radical (unpaired) electrons. The van der Waals surface area contributed by atoms with E-state index < -0.39 is 23.9 Å².